The number of primary sulfonamides is 1. The van der Waals surface area contributed by atoms with Crippen molar-refractivity contribution in [2.24, 2.45) is 5.14 Å². The number of amides is 1. The number of carbonyl (C=O) groups is 1. The highest BCUT2D eigenvalue weighted by molar-refractivity contribution is 7.89. The van der Waals surface area contributed by atoms with E-state index in [0.717, 1.165) is 6.07 Å². The number of hydrogen-bond donors (Lipinski definition) is 3. The van der Waals surface area contributed by atoms with Crippen LogP contribution in [-0.2, 0) is 29.3 Å². The van der Waals surface area contributed by atoms with Gasteiger partial charge in [0.05, 0.1) is 16.1 Å². The fourth-order valence-electron chi connectivity index (χ4n) is 4.75. The van der Waals surface area contributed by atoms with Crippen molar-refractivity contribution in [1.29, 1.82) is 0 Å². The summed E-state index contributed by atoms with van der Waals surface area (Å²) in [7, 11) is -3.83. The monoisotopic (exact) mass is 615 g/mol. The molecule has 0 aliphatic carbocycles. The Morgan fingerprint density at radius 1 is 1.07 bits per heavy atom. The van der Waals surface area contributed by atoms with Crippen LogP contribution in [0.5, 0.6) is 0 Å². The summed E-state index contributed by atoms with van der Waals surface area (Å²) < 4.78 is 64.1. The highest BCUT2D eigenvalue weighted by Crippen LogP contribution is 2.37. The number of carbonyl (C=O) groups excluding carboxylic acids is 1. The second kappa shape index (κ2) is 11.6. The summed E-state index contributed by atoms with van der Waals surface area (Å²) >= 11 is 6.05. The number of aromatic nitrogens is 1. The van der Waals surface area contributed by atoms with Crippen molar-refractivity contribution in [2.75, 3.05) is 23.3 Å². The van der Waals surface area contributed by atoms with Gasteiger partial charge in [0.1, 0.15) is 5.82 Å². The van der Waals surface area contributed by atoms with E-state index in [0.29, 0.717) is 46.8 Å². The molecule has 13 heteroatoms. The molecule has 0 unspecified atom stereocenters. The number of benzene rings is 3. The van der Waals surface area contributed by atoms with E-state index in [1.54, 1.807) is 53.6 Å². The third-order valence-electron chi connectivity index (χ3n) is 6.80. The van der Waals surface area contributed by atoms with E-state index in [1.807, 2.05) is 0 Å². The van der Waals surface area contributed by atoms with Crippen molar-refractivity contribution in [3.63, 3.8) is 0 Å². The van der Waals surface area contributed by atoms with Gasteiger partial charge in [-0.2, -0.15) is 13.2 Å². The lowest BCUT2D eigenvalue weighted by atomic mass is 9.99. The summed E-state index contributed by atoms with van der Waals surface area (Å²) in [4.78, 5) is 19.5. The Labute approximate surface area is 245 Å². The molecule has 0 saturated carbocycles. The number of alkyl halides is 3. The third kappa shape index (κ3) is 6.51. The van der Waals surface area contributed by atoms with E-state index in [-0.39, 0.29) is 34.5 Å². The van der Waals surface area contributed by atoms with E-state index >= 15 is 0 Å². The van der Waals surface area contributed by atoms with Crippen LogP contribution in [0.3, 0.4) is 0 Å². The Kier molecular flexibility index (Phi) is 8.13. The standard InChI is InChI=1S/C29H25ClF3N5O3S/c30-21-7-10-25(29(31,32)33)20(13-21)17-38-12-11-35-27-26(38)14-19(16-36-27)23-3-1-2-4-24(23)28(39)37-15-18-5-8-22(9-6-18)42(34,40)41/h1-10,13-14,16H,11-12,15,17H2,(H,35,36)(H,37,39)(H2,34,40,41). The number of halogens is 4. The number of nitrogens with one attached hydrogen (secondary N) is 2. The summed E-state index contributed by atoms with van der Waals surface area (Å²) in [6.45, 7) is 1.01. The summed E-state index contributed by atoms with van der Waals surface area (Å²) in [5, 5.41) is 11.4. The van der Waals surface area contributed by atoms with Gasteiger partial charge in [-0.15, -0.1) is 0 Å². The third-order valence-corrected chi connectivity index (χ3v) is 7.97. The molecule has 1 aliphatic rings. The van der Waals surface area contributed by atoms with Gasteiger partial charge < -0.3 is 15.5 Å². The first-order valence-electron chi connectivity index (χ1n) is 12.7. The van der Waals surface area contributed by atoms with Crippen LogP contribution in [-0.4, -0.2) is 32.4 Å². The molecule has 0 bridgehead atoms. The number of fused-ring (bicyclic) bond motifs is 1. The number of pyridine rings is 1. The predicted molar refractivity (Wildman–Crippen MR) is 155 cm³/mol. The number of hydrogen-bond acceptors (Lipinski definition) is 6. The van der Waals surface area contributed by atoms with Gasteiger partial charge >= 0.3 is 6.18 Å². The van der Waals surface area contributed by atoms with Gasteiger partial charge in [-0.05, 0) is 59.2 Å². The summed E-state index contributed by atoms with van der Waals surface area (Å²) in [5.74, 6) is 0.146. The Hall–Kier alpha value is -4.13. The lowest BCUT2D eigenvalue weighted by Crippen LogP contribution is -2.34. The van der Waals surface area contributed by atoms with Gasteiger partial charge in [0.25, 0.3) is 5.91 Å². The quantitative estimate of drug-likeness (QED) is 0.255. The van der Waals surface area contributed by atoms with Crippen molar-refractivity contribution in [1.82, 2.24) is 10.3 Å². The average Bonchev–Trinajstić information content (AvgIpc) is 2.95. The summed E-state index contributed by atoms with van der Waals surface area (Å²) in [5.41, 5.74) is 2.11. The van der Waals surface area contributed by atoms with Crippen LogP contribution in [0.2, 0.25) is 5.02 Å². The molecule has 2 heterocycles. The molecule has 0 fully saturated rings. The molecule has 0 spiro atoms. The Morgan fingerprint density at radius 3 is 2.52 bits per heavy atom. The van der Waals surface area contributed by atoms with E-state index in [1.165, 1.54) is 24.3 Å². The number of anilines is 2. The molecule has 4 aromatic rings. The highest BCUT2D eigenvalue weighted by Gasteiger charge is 2.34. The van der Waals surface area contributed by atoms with Crippen molar-refractivity contribution in [2.45, 2.75) is 24.2 Å². The molecule has 0 atom stereocenters. The topological polar surface area (TPSA) is 117 Å². The highest BCUT2D eigenvalue weighted by atomic mass is 35.5. The van der Waals surface area contributed by atoms with Crippen LogP contribution in [0.25, 0.3) is 11.1 Å². The lowest BCUT2D eigenvalue weighted by Gasteiger charge is -2.32. The van der Waals surface area contributed by atoms with Crippen molar-refractivity contribution in [3.05, 3.63) is 106 Å². The molecule has 3 aromatic carbocycles. The zero-order chi connectivity index (χ0) is 30.1. The zero-order valence-electron chi connectivity index (χ0n) is 22.0. The van der Waals surface area contributed by atoms with Crippen LogP contribution in [0.4, 0.5) is 24.7 Å². The SMILES string of the molecule is NS(=O)(=O)c1ccc(CNC(=O)c2ccccc2-c2cnc3c(c2)N(Cc2cc(Cl)ccc2C(F)(F)F)CCN3)cc1. The number of nitrogens with two attached hydrogens (primary N) is 1. The molecule has 42 heavy (non-hydrogen) atoms. The first kappa shape index (κ1) is 29.4. The van der Waals surface area contributed by atoms with Gasteiger partial charge in [0.15, 0.2) is 0 Å². The molecule has 1 amide bonds. The minimum absolute atomic E-state index is 0.0312. The van der Waals surface area contributed by atoms with Gasteiger partial charge in [0.2, 0.25) is 10.0 Å². The Balaban J connectivity index is 1.41. The second-order valence-electron chi connectivity index (χ2n) is 9.66. The Morgan fingerprint density at radius 2 is 1.81 bits per heavy atom. The maximum atomic E-state index is 13.7. The van der Waals surface area contributed by atoms with Crippen LogP contribution < -0.4 is 20.7 Å². The second-order valence-corrected chi connectivity index (χ2v) is 11.7. The molecule has 5 rings (SSSR count). The molecule has 1 aliphatic heterocycles. The Bertz CT molecular complexity index is 1750. The van der Waals surface area contributed by atoms with Crippen molar-refractivity contribution >= 4 is 39.0 Å². The first-order chi connectivity index (χ1) is 19.9. The normalized spacial score (nSPS) is 13.3. The lowest BCUT2D eigenvalue weighted by molar-refractivity contribution is -0.138. The molecule has 0 radical (unpaired) electrons. The van der Waals surface area contributed by atoms with Crippen LogP contribution in [0, 0.1) is 0 Å². The van der Waals surface area contributed by atoms with Crippen molar-refractivity contribution < 1.29 is 26.4 Å². The van der Waals surface area contributed by atoms with Crippen LogP contribution >= 0.6 is 11.6 Å². The number of nitrogens with zero attached hydrogens (tertiary/aromatic N) is 2. The van der Waals surface area contributed by atoms with Gasteiger partial charge in [-0.1, -0.05) is 41.9 Å². The van der Waals surface area contributed by atoms with Crippen LogP contribution in [0.15, 0.2) is 83.9 Å². The molecular formula is C29H25ClF3N5O3S. The summed E-state index contributed by atoms with van der Waals surface area (Å²) in [6.07, 6.45) is -2.93. The van der Waals surface area contributed by atoms with Crippen LogP contribution in [0.1, 0.15) is 27.0 Å². The average molecular weight is 616 g/mol. The largest absolute Gasteiger partial charge is 0.416 e. The molecule has 8 nitrogen and oxygen atoms in total. The van der Waals surface area contributed by atoms with Crippen molar-refractivity contribution in [3.8, 4) is 11.1 Å². The van der Waals surface area contributed by atoms with Gasteiger partial charge in [-0.3, -0.25) is 4.79 Å². The summed E-state index contributed by atoms with van der Waals surface area (Å²) in [6, 6.07) is 18.1. The molecule has 1 aromatic heterocycles. The minimum Gasteiger partial charge on any atom is -0.367 e. The zero-order valence-corrected chi connectivity index (χ0v) is 23.5. The minimum atomic E-state index is -4.53. The van der Waals surface area contributed by atoms with E-state index in [9.17, 15) is 26.4 Å². The van der Waals surface area contributed by atoms with Gasteiger partial charge in [0, 0.05) is 48.5 Å². The van der Waals surface area contributed by atoms with E-state index < -0.39 is 21.8 Å². The number of sulfonamides is 1. The smallest absolute Gasteiger partial charge is 0.367 e. The molecule has 0 saturated heterocycles. The fraction of sp³-hybridized carbons (Fsp3) is 0.172. The molecule has 218 valence electrons. The predicted octanol–water partition coefficient (Wildman–Crippen LogP) is 5.43. The number of rotatable bonds is 7. The molecular weight excluding hydrogens is 591 g/mol. The fourth-order valence-corrected chi connectivity index (χ4v) is 5.46. The van der Waals surface area contributed by atoms with E-state index in [2.05, 4.69) is 15.6 Å². The maximum Gasteiger partial charge on any atom is 0.416 e. The van der Waals surface area contributed by atoms with E-state index in [4.69, 9.17) is 16.7 Å². The van der Waals surface area contributed by atoms with Gasteiger partial charge in [-0.25, -0.2) is 18.5 Å². The molecule has 4 N–H and O–H groups in total. The maximum absolute atomic E-state index is 13.7. The first-order valence-corrected chi connectivity index (χ1v) is 14.7.